The number of hydrogen-bond acceptors (Lipinski definition) is 4. The van der Waals surface area contributed by atoms with Gasteiger partial charge in [0, 0.05) is 33.7 Å². The molecule has 25 heavy (non-hydrogen) atoms. The molecular formula is C19H18Cl2N2O2. The molecule has 1 aromatic carbocycles. The predicted molar refractivity (Wildman–Crippen MR) is 98.2 cm³/mol. The van der Waals surface area contributed by atoms with Gasteiger partial charge in [0.25, 0.3) is 0 Å². The van der Waals surface area contributed by atoms with Crippen molar-refractivity contribution in [3.8, 4) is 0 Å². The van der Waals surface area contributed by atoms with Crippen molar-refractivity contribution in [2.75, 3.05) is 5.32 Å². The number of ketones is 1. The highest BCUT2D eigenvalue weighted by Crippen LogP contribution is 2.51. The second kappa shape index (κ2) is 5.61. The summed E-state index contributed by atoms with van der Waals surface area (Å²) < 4.78 is 5.48. The summed E-state index contributed by atoms with van der Waals surface area (Å²) in [6, 6.07) is 5.39. The zero-order chi connectivity index (χ0) is 17.9. The fourth-order valence-electron chi connectivity index (χ4n) is 3.92. The standard InChI is InChI=1S/C19H18Cl2N2O2/c1-9-15-16(11-5-4-10(20)6-12(11)21)17-13(22-18(15)25-23-9)7-19(2,3)8-14(17)24/h4-6,16,22H,7-8H2,1-3H3/t16-/m1/s1. The summed E-state index contributed by atoms with van der Waals surface area (Å²) in [5.41, 5.74) is 4.05. The number of aromatic nitrogens is 1. The van der Waals surface area contributed by atoms with Crippen LogP contribution in [0.4, 0.5) is 5.88 Å². The van der Waals surface area contributed by atoms with Gasteiger partial charge >= 0.3 is 0 Å². The Balaban J connectivity index is 1.96. The lowest BCUT2D eigenvalue weighted by atomic mass is 9.69. The van der Waals surface area contributed by atoms with Crippen molar-refractivity contribution in [2.45, 2.75) is 39.5 Å². The Kier molecular flexibility index (Phi) is 3.74. The van der Waals surface area contributed by atoms with Gasteiger partial charge in [-0.15, -0.1) is 0 Å². The minimum Gasteiger partial charge on any atom is -0.338 e. The second-order valence-electron chi connectivity index (χ2n) is 7.57. The number of rotatable bonds is 1. The van der Waals surface area contributed by atoms with E-state index in [0.717, 1.165) is 34.5 Å². The number of halogens is 2. The van der Waals surface area contributed by atoms with Gasteiger partial charge < -0.3 is 9.84 Å². The lowest BCUT2D eigenvalue weighted by molar-refractivity contribution is -0.118. The predicted octanol–water partition coefficient (Wildman–Crippen LogP) is 5.49. The number of fused-ring (bicyclic) bond motifs is 1. The van der Waals surface area contributed by atoms with Crippen molar-refractivity contribution in [1.29, 1.82) is 0 Å². The van der Waals surface area contributed by atoms with E-state index in [-0.39, 0.29) is 17.1 Å². The number of allylic oxidation sites excluding steroid dienone is 2. The summed E-state index contributed by atoms with van der Waals surface area (Å²) in [5, 5.41) is 8.50. The van der Waals surface area contributed by atoms with Crippen LogP contribution in [0.3, 0.4) is 0 Å². The van der Waals surface area contributed by atoms with E-state index >= 15 is 0 Å². The van der Waals surface area contributed by atoms with Gasteiger partial charge in [-0.2, -0.15) is 0 Å². The van der Waals surface area contributed by atoms with Crippen LogP contribution in [0.1, 0.15) is 49.4 Å². The Morgan fingerprint density at radius 3 is 2.76 bits per heavy atom. The molecule has 0 fully saturated rings. The molecule has 1 atom stereocenters. The van der Waals surface area contributed by atoms with Crippen LogP contribution in [-0.4, -0.2) is 10.9 Å². The maximum Gasteiger partial charge on any atom is 0.233 e. The molecule has 4 nitrogen and oxygen atoms in total. The van der Waals surface area contributed by atoms with Crippen LogP contribution in [-0.2, 0) is 4.79 Å². The highest BCUT2D eigenvalue weighted by atomic mass is 35.5. The second-order valence-corrected chi connectivity index (χ2v) is 8.41. The molecule has 0 amide bonds. The molecule has 1 aliphatic carbocycles. The minimum atomic E-state index is -0.286. The van der Waals surface area contributed by atoms with E-state index in [4.69, 9.17) is 27.7 Å². The maximum atomic E-state index is 13.0. The van der Waals surface area contributed by atoms with Gasteiger partial charge in [-0.25, -0.2) is 0 Å². The average molecular weight is 377 g/mol. The van der Waals surface area contributed by atoms with Crippen molar-refractivity contribution in [1.82, 2.24) is 5.16 Å². The normalized spacial score (nSPS) is 21.6. The van der Waals surface area contributed by atoms with Crippen molar-refractivity contribution in [3.63, 3.8) is 0 Å². The van der Waals surface area contributed by atoms with Gasteiger partial charge in [-0.3, -0.25) is 4.79 Å². The van der Waals surface area contributed by atoms with Gasteiger partial charge in [0.05, 0.1) is 11.3 Å². The van der Waals surface area contributed by atoms with Crippen molar-refractivity contribution >= 4 is 34.9 Å². The van der Waals surface area contributed by atoms with Gasteiger partial charge in [-0.05, 0) is 36.5 Å². The van der Waals surface area contributed by atoms with Crippen LogP contribution >= 0.6 is 23.2 Å². The van der Waals surface area contributed by atoms with Gasteiger partial charge in [-0.1, -0.05) is 48.3 Å². The SMILES string of the molecule is Cc1noc2c1[C@@H](c1ccc(Cl)cc1Cl)C1=C(CC(C)(C)CC1=O)N2. The summed E-state index contributed by atoms with van der Waals surface area (Å²) in [7, 11) is 0. The Hall–Kier alpha value is -1.78. The molecule has 0 saturated heterocycles. The quantitative estimate of drug-likeness (QED) is 0.714. The van der Waals surface area contributed by atoms with Crippen LogP contribution in [0.2, 0.25) is 10.0 Å². The first-order chi connectivity index (χ1) is 11.8. The molecule has 130 valence electrons. The smallest absolute Gasteiger partial charge is 0.233 e. The zero-order valence-corrected chi connectivity index (χ0v) is 15.8. The summed E-state index contributed by atoms with van der Waals surface area (Å²) in [6.07, 6.45) is 1.28. The molecule has 1 aliphatic heterocycles. The van der Waals surface area contributed by atoms with Crippen molar-refractivity contribution < 1.29 is 9.32 Å². The summed E-state index contributed by atoms with van der Waals surface area (Å²) in [4.78, 5) is 13.0. The molecule has 0 radical (unpaired) electrons. The van der Waals surface area contributed by atoms with Crippen LogP contribution in [0.15, 0.2) is 34.0 Å². The third-order valence-corrected chi connectivity index (χ3v) is 5.51. The van der Waals surface area contributed by atoms with E-state index in [1.165, 1.54) is 0 Å². The molecule has 0 saturated carbocycles. The number of nitrogens with one attached hydrogen (secondary N) is 1. The Labute approximate surface area is 156 Å². The Morgan fingerprint density at radius 2 is 2.04 bits per heavy atom. The topological polar surface area (TPSA) is 55.1 Å². The highest BCUT2D eigenvalue weighted by molar-refractivity contribution is 6.35. The molecule has 6 heteroatoms. The van der Waals surface area contributed by atoms with E-state index in [9.17, 15) is 4.79 Å². The Bertz CT molecular complexity index is 928. The number of carbonyl (C=O) groups is 1. The maximum absolute atomic E-state index is 13.0. The molecule has 0 spiro atoms. The average Bonchev–Trinajstić information content (AvgIpc) is 2.85. The fraction of sp³-hybridized carbons (Fsp3) is 0.368. The third kappa shape index (κ3) is 2.68. The third-order valence-electron chi connectivity index (χ3n) is 4.94. The molecule has 1 N–H and O–H groups in total. The fourth-order valence-corrected chi connectivity index (χ4v) is 4.43. The van der Waals surface area contributed by atoms with E-state index in [1.807, 2.05) is 13.0 Å². The number of carbonyl (C=O) groups excluding carboxylic acids is 1. The van der Waals surface area contributed by atoms with Crippen molar-refractivity contribution in [3.05, 3.63) is 56.3 Å². The van der Waals surface area contributed by atoms with E-state index in [0.29, 0.717) is 22.4 Å². The first-order valence-electron chi connectivity index (χ1n) is 8.21. The molecular weight excluding hydrogens is 359 g/mol. The van der Waals surface area contributed by atoms with Crippen LogP contribution in [0, 0.1) is 12.3 Å². The van der Waals surface area contributed by atoms with Gasteiger partial charge in [0.1, 0.15) is 0 Å². The van der Waals surface area contributed by atoms with E-state index < -0.39 is 0 Å². The molecule has 4 rings (SSSR count). The Morgan fingerprint density at radius 1 is 1.28 bits per heavy atom. The number of nitrogens with zero attached hydrogens (tertiary/aromatic N) is 1. The lowest BCUT2D eigenvalue weighted by Gasteiger charge is -2.37. The lowest BCUT2D eigenvalue weighted by Crippen LogP contribution is -2.33. The minimum absolute atomic E-state index is 0.0934. The molecule has 2 aliphatic rings. The summed E-state index contributed by atoms with van der Waals surface area (Å²) in [5.74, 6) is 0.449. The first kappa shape index (κ1) is 16.7. The summed E-state index contributed by atoms with van der Waals surface area (Å²) in [6.45, 7) is 6.08. The van der Waals surface area contributed by atoms with Crippen LogP contribution < -0.4 is 5.32 Å². The van der Waals surface area contributed by atoms with Gasteiger partial charge in [0.2, 0.25) is 5.88 Å². The summed E-state index contributed by atoms with van der Waals surface area (Å²) >= 11 is 12.6. The first-order valence-corrected chi connectivity index (χ1v) is 8.97. The number of aryl methyl sites for hydroxylation is 1. The van der Waals surface area contributed by atoms with Gasteiger partial charge in [0.15, 0.2) is 5.78 Å². The molecule has 2 heterocycles. The zero-order valence-electron chi connectivity index (χ0n) is 14.2. The van der Waals surface area contributed by atoms with E-state index in [2.05, 4.69) is 24.3 Å². The molecule has 2 aromatic rings. The number of benzene rings is 1. The number of anilines is 1. The highest BCUT2D eigenvalue weighted by Gasteiger charge is 2.43. The monoisotopic (exact) mass is 376 g/mol. The molecule has 1 aromatic heterocycles. The van der Waals surface area contributed by atoms with Crippen LogP contribution in [0.25, 0.3) is 0 Å². The van der Waals surface area contributed by atoms with Crippen LogP contribution in [0.5, 0.6) is 0 Å². The number of hydrogen-bond donors (Lipinski definition) is 1. The molecule has 0 unspecified atom stereocenters. The largest absolute Gasteiger partial charge is 0.338 e. The van der Waals surface area contributed by atoms with Crippen molar-refractivity contribution in [2.24, 2.45) is 5.41 Å². The van der Waals surface area contributed by atoms with E-state index in [1.54, 1.807) is 12.1 Å². The molecule has 0 bridgehead atoms. The number of Topliss-reactive ketones (excluding diaryl/α,β-unsaturated/α-hetero) is 1.